The maximum Gasteiger partial charge on any atom is 0.290 e. The summed E-state index contributed by atoms with van der Waals surface area (Å²) in [5.41, 5.74) is 0.474. The molecular formula is C41H56N5O8-. The number of benzene rings is 2. The maximum absolute atomic E-state index is 14.3. The van der Waals surface area contributed by atoms with E-state index in [-0.39, 0.29) is 43.7 Å². The SMILES string of the molecule is CCCC(NC(=O)[C@@H]1CCCN1C(=O)[C@@H](NC(=O)Cc1cccc(OCCC(C)(C)[O-])c1)C1CCCCC1)C(=O)C(=O)NCC(=O)NCc1ccccc1. The number of hydrogen-bond donors (Lipinski definition) is 4. The summed E-state index contributed by atoms with van der Waals surface area (Å²) in [4.78, 5) is 81.2. The Morgan fingerprint density at radius 1 is 0.870 bits per heavy atom. The molecule has 1 unspecified atom stereocenters. The van der Waals surface area contributed by atoms with Crippen molar-refractivity contribution < 1.29 is 38.6 Å². The number of likely N-dealkylation sites (tertiary alicyclic amines) is 1. The Bertz CT molecular complexity index is 1590. The average molecular weight is 747 g/mol. The first-order valence-corrected chi connectivity index (χ1v) is 19.3. The number of Topliss-reactive ketones (excluding diaryl/α,β-unsaturated/α-hetero) is 1. The minimum absolute atomic E-state index is 0.0161. The summed E-state index contributed by atoms with van der Waals surface area (Å²) in [5.74, 6) is -3.04. The summed E-state index contributed by atoms with van der Waals surface area (Å²) in [6, 6.07) is 13.5. The first-order chi connectivity index (χ1) is 25.8. The lowest BCUT2D eigenvalue weighted by Gasteiger charge is -2.35. The van der Waals surface area contributed by atoms with Crippen molar-refractivity contribution in [1.29, 1.82) is 0 Å². The fourth-order valence-corrected chi connectivity index (χ4v) is 6.99. The number of rotatable bonds is 19. The minimum Gasteiger partial charge on any atom is -0.850 e. The van der Waals surface area contributed by atoms with Crippen molar-refractivity contribution in [1.82, 2.24) is 26.2 Å². The molecule has 4 N–H and O–H groups in total. The predicted octanol–water partition coefficient (Wildman–Crippen LogP) is 2.48. The second-order valence-corrected chi connectivity index (χ2v) is 15.0. The smallest absolute Gasteiger partial charge is 0.290 e. The topological polar surface area (TPSA) is 186 Å². The average Bonchev–Trinajstić information content (AvgIpc) is 3.65. The zero-order valence-corrected chi connectivity index (χ0v) is 31.8. The second-order valence-electron chi connectivity index (χ2n) is 15.0. The molecule has 1 aliphatic heterocycles. The van der Waals surface area contributed by atoms with Gasteiger partial charge in [-0.1, -0.05) is 88.9 Å². The number of carbonyl (C=O) groups excluding carboxylic acids is 6. The lowest BCUT2D eigenvalue weighted by molar-refractivity contribution is -0.467. The van der Waals surface area contributed by atoms with Gasteiger partial charge < -0.3 is 36.0 Å². The van der Waals surface area contributed by atoms with Gasteiger partial charge in [0, 0.05) is 13.1 Å². The van der Waals surface area contributed by atoms with E-state index in [1.807, 2.05) is 37.3 Å². The number of carbonyl (C=O) groups is 6. The van der Waals surface area contributed by atoms with E-state index in [0.717, 1.165) is 37.7 Å². The third-order valence-electron chi connectivity index (χ3n) is 9.95. The van der Waals surface area contributed by atoms with Crippen LogP contribution in [0, 0.1) is 5.92 Å². The van der Waals surface area contributed by atoms with Gasteiger partial charge in [0.25, 0.3) is 5.91 Å². The molecule has 0 radical (unpaired) electrons. The van der Waals surface area contributed by atoms with Gasteiger partial charge in [-0.25, -0.2) is 0 Å². The number of ether oxygens (including phenoxy) is 1. The van der Waals surface area contributed by atoms with Gasteiger partial charge in [-0.2, -0.15) is 0 Å². The summed E-state index contributed by atoms with van der Waals surface area (Å²) in [6.45, 7) is 5.47. The molecule has 0 bridgehead atoms. The Hall–Kier alpha value is -4.78. The molecule has 3 atom stereocenters. The van der Waals surface area contributed by atoms with Crippen LogP contribution in [-0.4, -0.2) is 83.6 Å². The fourth-order valence-electron chi connectivity index (χ4n) is 6.99. The highest BCUT2D eigenvalue weighted by atomic mass is 16.5. The Morgan fingerprint density at radius 2 is 1.59 bits per heavy atom. The van der Waals surface area contributed by atoms with E-state index in [4.69, 9.17) is 4.74 Å². The van der Waals surface area contributed by atoms with Gasteiger partial charge in [-0.3, -0.25) is 28.8 Å². The van der Waals surface area contributed by atoms with Crippen LogP contribution in [0.2, 0.25) is 0 Å². The van der Waals surface area contributed by atoms with Crippen LogP contribution in [0.3, 0.4) is 0 Å². The predicted molar refractivity (Wildman–Crippen MR) is 201 cm³/mol. The van der Waals surface area contributed by atoms with Gasteiger partial charge in [-0.15, -0.1) is 5.60 Å². The molecule has 13 heteroatoms. The molecule has 1 aliphatic carbocycles. The minimum atomic E-state index is -1.13. The molecule has 4 rings (SSSR count). The van der Waals surface area contributed by atoms with E-state index >= 15 is 0 Å². The number of nitrogens with zero attached hydrogens (tertiary/aromatic N) is 1. The summed E-state index contributed by atoms with van der Waals surface area (Å²) in [6.07, 6.45) is 6.45. The first kappa shape index (κ1) is 42.0. The van der Waals surface area contributed by atoms with Gasteiger partial charge in [0.1, 0.15) is 17.8 Å². The van der Waals surface area contributed by atoms with Crippen molar-refractivity contribution in [3.8, 4) is 5.75 Å². The van der Waals surface area contributed by atoms with Gasteiger partial charge >= 0.3 is 0 Å². The van der Waals surface area contributed by atoms with E-state index < -0.39 is 53.8 Å². The van der Waals surface area contributed by atoms with Crippen molar-refractivity contribution in [2.45, 2.75) is 122 Å². The largest absolute Gasteiger partial charge is 0.850 e. The summed E-state index contributed by atoms with van der Waals surface area (Å²) in [7, 11) is 0. The third-order valence-corrected chi connectivity index (χ3v) is 9.95. The van der Waals surface area contributed by atoms with Crippen molar-refractivity contribution in [2.75, 3.05) is 19.7 Å². The van der Waals surface area contributed by atoms with Crippen molar-refractivity contribution in [3.63, 3.8) is 0 Å². The Balaban J connectivity index is 1.36. The quantitative estimate of drug-likeness (QED) is 0.158. The second kappa shape index (κ2) is 20.6. The molecule has 0 aromatic heterocycles. The lowest BCUT2D eigenvalue weighted by Crippen LogP contribution is -2.58. The highest BCUT2D eigenvalue weighted by Crippen LogP contribution is 2.30. The van der Waals surface area contributed by atoms with Crippen LogP contribution in [0.1, 0.15) is 96.1 Å². The van der Waals surface area contributed by atoms with Crippen LogP contribution in [-0.2, 0) is 41.7 Å². The monoisotopic (exact) mass is 746 g/mol. The van der Waals surface area contributed by atoms with E-state index in [2.05, 4.69) is 21.3 Å². The number of ketones is 1. The molecule has 1 saturated heterocycles. The Morgan fingerprint density at radius 3 is 2.30 bits per heavy atom. The van der Waals surface area contributed by atoms with Crippen molar-refractivity contribution in [2.24, 2.45) is 5.92 Å². The Labute approximate surface area is 318 Å². The molecule has 2 aliphatic rings. The van der Waals surface area contributed by atoms with E-state index in [9.17, 15) is 33.9 Å². The molecule has 2 aromatic rings. The van der Waals surface area contributed by atoms with E-state index in [0.29, 0.717) is 43.5 Å². The molecule has 294 valence electrons. The Kier molecular flexibility index (Phi) is 16.0. The normalized spacial score (nSPS) is 17.2. The van der Waals surface area contributed by atoms with Crippen LogP contribution in [0.4, 0.5) is 0 Å². The molecule has 1 heterocycles. The zero-order valence-electron chi connectivity index (χ0n) is 31.8. The van der Waals surface area contributed by atoms with Crippen LogP contribution in [0.15, 0.2) is 54.6 Å². The summed E-state index contributed by atoms with van der Waals surface area (Å²) < 4.78 is 5.75. The van der Waals surface area contributed by atoms with Gasteiger partial charge in [0.05, 0.1) is 25.6 Å². The number of nitrogens with one attached hydrogen (secondary N) is 4. The van der Waals surface area contributed by atoms with Crippen LogP contribution in [0.25, 0.3) is 0 Å². The molecular weight excluding hydrogens is 690 g/mol. The van der Waals surface area contributed by atoms with Gasteiger partial charge in [0.2, 0.25) is 29.4 Å². The highest BCUT2D eigenvalue weighted by Gasteiger charge is 2.41. The maximum atomic E-state index is 14.3. The van der Waals surface area contributed by atoms with E-state index in [1.165, 1.54) is 4.90 Å². The van der Waals surface area contributed by atoms with Crippen LogP contribution < -0.4 is 31.1 Å². The summed E-state index contributed by atoms with van der Waals surface area (Å²) in [5, 5.41) is 22.7. The molecule has 13 nitrogen and oxygen atoms in total. The van der Waals surface area contributed by atoms with E-state index in [1.54, 1.807) is 38.1 Å². The third kappa shape index (κ3) is 13.3. The number of hydrogen-bond acceptors (Lipinski definition) is 8. The van der Waals surface area contributed by atoms with Crippen LogP contribution >= 0.6 is 0 Å². The summed E-state index contributed by atoms with van der Waals surface area (Å²) >= 11 is 0. The molecule has 0 spiro atoms. The molecule has 2 aromatic carbocycles. The molecule has 54 heavy (non-hydrogen) atoms. The standard InChI is InChI=1S/C41H56N5O8/c1-4-13-32(37(49)39(51)43-27-35(48)42-26-28-14-7-5-8-15-28)44-38(50)33-20-12-22-46(33)40(52)36(30-17-9-6-10-18-30)45-34(47)25-29-16-11-19-31(24-29)54-23-21-41(2,3)53/h5,7-8,11,14-16,19,24,30,32-33,36H,4,6,9-10,12-13,17-18,20-23,25-27H2,1-3H3,(H,42,48)(H,43,51)(H,44,50)(H,45,47)/q-1/t32?,33-,36-/m0/s1. The molecule has 1 saturated carbocycles. The molecule has 2 fully saturated rings. The number of amides is 5. The van der Waals surface area contributed by atoms with Gasteiger partial charge in [-0.05, 0) is 67.7 Å². The van der Waals surface area contributed by atoms with Gasteiger partial charge in [0.15, 0.2) is 0 Å². The fraction of sp³-hybridized carbons (Fsp3) is 0.561. The molecule has 5 amide bonds. The highest BCUT2D eigenvalue weighted by molar-refractivity contribution is 6.38. The van der Waals surface area contributed by atoms with Crippen LogP contribution in [0.5, 0.6) is 5.75 Å². The van der Waals surface area contributed by atoms with Crippen molar-refractivity contribution >= 4 is 35.3 Å². The lowest BCUT2D eigenvalue weighted by atomic mass is 9.83. The zero-order chi connectivity index (χ0) is 39.1. The van der Waals surface area contributed by atoms with Crippen molar-refractivity contribution in [3.05, 3.63) is 65.7 Å². The first-order valence-electron chi connectivity index (χ1n) is 19.3.